The molecule has 0 aromatic heterocycles. The van der Waals surface area contributed by atoms with Gasteiger partial charge >= 0.3 is 6.09 Å². The van der Waals surface area contributed by atoms with E-state index in [9.17, 15) is 4.79 Å². The van der Waals surface area contributed by atoms with Gasteiger partial charge < -0.3 is 4.74 Å². The molecule has 82 valence electrons. The van der Waals surface area contributed by atoms with Crippen molar-refractivity contribution in [2.75, 3.05) is 7.11 Å². The highest BCUT2D eigenvalue weighted by molar-refractivity contribution is 5.71. The van der Waals surface area contributed by atoms with Gasteiger partial charge in [0.25, 0.3) is 0 Å². The zero-order valence-corrected chi connectivity index (χ0v) is 9.27. The molecule has 0 spiro atoms. The lowest BCUT2D eigenvalue weighted by Crippen LogP contribution is -2.38. The summed E-state index contributed by atoms with van der Waals surface area (Å²) in [6, 6.07) is 0.0837. The van der Waals surface area contributed by atoms with E-state index in [0.29, 0.717) is 0 Å². The van der Waals surface area contributed by atoms with Crippen LogP contribution >= 0.6 is 0 Å². The topological polar surface area (TPSA) is 29.5 Å². The second-order valence-electron chi connectivity index (χ2n) is 3.47. The summed E-state index contributed by atoms with van der Waals surface area (Å²) in [5.74, 6) is 0. The lowest BCUT2D eigenvalue weighted by atomic mass is 10.1. The largest absolute Gasteiger partial charge is 0.452 e. The highest BCUT2D eigenvalue weighted by Crippen LogP contribution is 2.20. The predicted molar refractivity (Wildman–Crippen MR) is 60.4 cm³/mol. The molecule has 0 aliphatic carbocycles. The number of hydrogen-bond donors (Lipinski definition) is 0. The standard InChI is InChI=1S/C12H17NO2/c1-4-5-8-11-9-6-7-10(2)13(11)12(14)15-3/h4,6-7,9,11H,1,5,8H2,2-3H3. The second-order valence-corrected chi connectivity index (χ2v) is 3.47. The molecule has 1 heterocycles. The molecule has 15 heavy (non-hydrogen) atoms. The Balaban J connectivity index is 2.76. The average Bonchev–Trinajstić information content (AvgIpc) is 2.25. The number of allylic oxidation sites excluding steroid dienone is 4. The van der Waals surface area contributed by atoms with Crippen molar-refractivity contribution in [3.8, 4) is 0 Å². The van der Waals surface area contributed by atoms with Gasteiger partial charge in [0, 0.05) is 5.70 Å². The van der Waals surface area contributed by atoms with Crippen LogP contribution in [0.5, 0.6) is 0 Å². The summed E-state index contributed by atoms with van der Waals surface area (Å²) in [6.45, 7) is 5.58. The second kappa shape index (κ2) is 5.39. The fourth-order valence-electron chi connectivity index (χ4n) is 1.64. The molecule has 0 fully saturated rings. The summed E-state index contributed by atoms with van der Waals surface area (Å²) in [7, 11) is 1.40. The van der Waals surface area contributed by atoms with Gasteiger partial charge in [0.1, 0.15) is 0 Å². The number of carbonyl (C=O) groups excluding carboxylic acids is 1. The molecular formula is C12H17NO2. The number of amides is 1. The molecule has 0 aromatic rings. The summed E-state index contributed by atoms with van der Waals surface area (Å²) in [5, 5.41) is 0. The quantitative estimate of drug-likeness (QED) is 0.666. The fraction of sp³-hybridized carbons (Fsp3) is 0.417. The van der Waals surface area contributed by atoms with Crippen molar-refractivity contribution in [2.24, 2.45) is 0 Å². The van der Waals surface area contributed by atoms with Gasteiger partial charge in [-0.25, -0.2) is 4.79 Å². The van der Waals surface area contributed by atoms with Crippen molar-refractivity contribution in [1.82, 2.24) is 4.90 Å². The van der Waals surface area contributed by atoms with Crippen molar-refractivity contribution >= 4 is 6.09 Å². The normalized spacial score (nSPS) is 19.7. The monoisotopic (exact) mass is 207 g/mol. The van der Waals surface area contributed by atoms with Gasteiger partial charge in [-0.05, 0) is 25.8 Å². The molecule has 0 saturated heterocycles. The van der Waals surface area contributed by atoms with Crippen molar-refractivity contribution in [3.63, 3.8) is 0 Å². The summed E-state index contributed by atoms with van der Waals surface area (Å²) < 4.78 is 4.76. The van der Waals surface area contributed by atoms with Crippen molar-refractivity contribution in [2.45, 2.75) is 25.8 Å². The van der Waals surface area contributed by atoms with Crippen LogP contribution in [-0.2, 0) is 4.74 Å². The van der Waals surface area contributed by atoms with Crippen LogP contribution < -0.4 is 0 Å². The Labute approximate surface area is 90.7 Å². The van der Waals surface area contributed by atoms with Crippen LogP contribution in [0.15, 0.2) is 36.6 Å². The Morgan fingerprint density at radius 3 is 3.07 bits per heavy atom. The van der Waals surface area contributed by atoms with E-state index in [1.807, 2.05) is 31.2 Å². The summed E-state index contributed by atoms with van der Waals surface area (Å²) in [5.41, 5.74) is 0.915. The molecular weight excluding hydrogens is 190 g/mol. The molecule has 0 saturated carbocycles. The van der Waals surface area contributed by atoms with E-state index >= 15 is 0 Å². The summed E-state index contributed by atoms with van der Waals surface area (Å²) in [6.07, 6.45) is 9.20. The SMILES string of the molecule is C=CCCC1C=CC=C(C)N1C(=O)OC. The molecule has 0 N–H and O–H groups in total. The number of ether oxygens (including phenoxy) is 1. The smallest absolute Gasteiger partial charge is 0.414 e. The van der Waals surface area contributed by atoms with Crippen LogP contribution in [0.2, 0.25) is 0 Å². The molecule has 1 atom stereocenters. The molecule has 0 radical (unpaired) electrons. The first kappa shape index (κ1) is 11.6. The molecule has 3 heteroatoms. The Hall–Kier alpha value is -1.51. The Kier molecular flexibility index (Phi) is 4.16. The van der Waals surface area contributed by atoms with Gasteiger partial charge in [-0.1, -0.05) is 18.2 Å². The first-order chi connectivity index (χ1) is 7.20. The zero-order chi connectivity index (χ0) is 11.3. The molecule has 1 aliphatic heterocycles. The lowest BCUT2D eigenvalue weighted by Gasteiger charge is -2.31. The zero-order valence-electron chi connectivity index (χ0n) is 9.27. The molecule has 1 rings (SSSR count). The fourth-order valence-corrected chi connectivity index (χ4v) is 1.64. The van der Waals surface area contributed by atoms with Crippen molar-refractivity contribution < 1.29 is 9.53 Å². The first-order valence-electron chi connectivity index (χ1n) is 5.04. The number of hydrogen-bond acceptors (Lipinski definition) is 2. The minimum absolute atomic E-state index is 0.0837. The van der Waals surface area contributed by atoms with E-state index in [1.165, 1.54) is 7.11 Å². The van der Waals surface area contributed by atoms with Crippen LogP contribution in [-0.4, -0.2) is 24.1 Å². The lowest BCUT2D eigenvalue weighted by molar-refractivity contribution is 0.125. The van der Waals surface area contributed by atoms with E-state index in [-0.39, 0.29) is 12.1 Å². The van der Waals surface area contributed by atoms with Crippen LogP contribution in [0.3, 0.4) is 0 Å². The average molecular weight is 207 g/mol. The number of carbonyl (C=O) groups is 1. The molecule has 1 amide bonds. The van der Waals surface area contributed by atoms with Crippen LogP contribution in [0, 0.1) is 0 Å². The molecule has 0 aromatic carbocycles. The Morgan fingerprint density at radius 1 is 1.73 bits per heavy atom. The number of nitrogens with zero attached hydrogens (tertiary/aromatic N) is 1. The Bertz CT molecular complexity index is 305. The van der Waals surface area contributed by atoms with E-state index in [2.05, 4.69) is 6.58 Å². The van der Waals surface area contributed by atoms with E-state index in [4.69, 9.17) is 4.74 Å². The third kappa shape index (κ3) is 2.72. The first-order valence-corrected chi connectivity index (χ1v) is 5.04. The van der Waals surface area contributed by atoms with Crippen molar-refractivity contribution in [1.29, 1.82) is 0 Å². The maximum atomic E-state index is 11.6. The molecule has 1 aliphatic rings. The third-order valence-corrected chi connectivity index (χ3v) is 2.42. The maximum Gasteiger partial charge on any atom is 0.414 e. The van der Waals surface area contributed by atoms with Crippen molar-refractivity contribution in [3.05, 3.63) is 36.6 Å². The van der Waals surface area contributed by atoms with E-state index in [0.717, 1.165) is 18.5 Å². The molecule has 0 bridgehead atoms. The highest BCUT2D eigenvalue weighted by Gasteiger charge is 2.24. The van der Waals surface area contributed by atoms with Gasteiger partial charge in [-0.3, -0.25) is 4.90 Å². The highest BCUT2D eigenvalue weighted by atomic mass is 16.5. The van der Waals surface area contributed by atoms with Crippen LogP contribution in [0.25, 0.3) is 0 Å². The van der Waals surface area contributed by atoms with E-state index < -0.39 is 0 Å². The van der Waals surface area contributed by atoms with Gasteiger partial charge in [0.15, 0.2) is 0 Å². The number of rotatable bonds is 3. The van der Waals surface area contributed by atoms with Gasteiger partial charge in [0.05, 0.1) is 13.2 Å². The summed E-state index contributed by atoms with van der Waals surface area (Å²) in [4.78, 5) is 13.2. The van der Waals surface area contributed by atoms with Gasteiger partial charge in [-0.2, -0.15) is 0 Å². The summed E-state index contributed by atoms with van der Waals surface area (Å²) >= 11 is 0. The minimum Gasteiger partial charge on any atom is -0.452 e. The third-order valence-electron chi connectivity index (χ3n) is 2.42. The molecule has 1 unspecified atom stereocenters. The van der Waals surface area contributed by atoms with Crippen LogP contribution in [0.1, 0.15) is 19.8 Å². The predicted octanol–water partition coefficient (Wildman–Crippen LogP) is 2.86. The van der Waals surface area contributed by atoms with Crippen LogP contribution in [0.4, 0.5) is 4.79 Å². The van der Waals surface area contributed by atoms with Gasteiger partial charge in [-0.15, -0.1) is 6.58 Å². The van der Waals surface area contributed by atoms with Gasteiger partial charge in [0.2, 0.25) is 0 Å². The maximum absolute atomic E-state index is 11.6. The van der Waals surface area contributed by atoms with E-state index in [1.54, 1.807) is 4.90 Å². The Morgan fingerprint density at radius 2 is 2.47 bits per heavy atom. The molecule has 3 nitrogen and oxygen atoms in total. The minimum atomic E-state index is -0.304. The number of methoxy groups -OCH3 is 1.